The highest BCUT2D eigenvalue weighted by Gasteiger charge is 2.07. The van der Waals surface area contributed by atoms with Crippen molar-refractivity contribution in [2.45, 2.75) is 13.8 Å². The first kappa shape index (κ1) is 9.75. The smallest absolute Gasteiger partial charge is 0.0908 e. The topological polar surface area (TPSA) is 12.9 Å². The minimum absolute atomic E-state index is 0.649. The third-order valence-electron chi connectivity index (χ3n) is 2.20. The van der Waals surface area contributed by atoms with Crippen molar-refractivity contribution in [3.8, 4) is 0 Å². The summed E-state index contributed by atoms with van der Waals surface area (Å²) in [5, 5.41) is 2.31. The molecule has 1 heterocycles. The summed E-state index contributed by atoms with van der Waals surface area (Å²) in [5.74, 6) is 0. The Labute approximate surface area is 92.7 Å². The van der Waals surface area contributed by atoms with Crippen LogP contribution in [0.3, 0.4) is 0 Å². The minimum atomic E-state index is 0.649. The van der Waals surface area contributed by atoms with E-state index in [1.165, 1.54) is 0 Å². The molecule has 2 rings (SSSR count). The zero-order valence-electron chi connectivity index (χ0n) is 7.94. The third-order valence-corrected chi connectivity index (χ3v) is 2.80. The van der Waals surface area contributed by atoms with Gasteiger partial charge in [0.05, 0.1) is 15.6 Å². The van der Waals surface area contributed by atoms with E-state index in [4.69, 9.17) is 23.2 Å². The molecule has 0 aliphatic rings. The van der Waals surface area contributed by atoms with E-state index in [1.54, 1.807) is 0 Å². The standard InChI is InChI=1S/C11H9Cl2N/c1-6-3-4-8(12)11-10(6)9(13)5-7(2)14-11/h3-5H,1-2H3. The van der Waals surface area contributed by atoms with Crippen LogP contribution in [0.25, 0.3) is 10.9 Å². The number of aromatic nitrogens is 1. The van der Waals surface area contributed by atoms with Gasteiger partial charge in [-0.25, -0.2) is 0 Å². The van der Waals surface area contributed by atoms with E-state index in [-0.39, 0.29) is 0 Å². The van der Waals surface area contributed by atoms with Gasteiger partial charge in [0.2, 0.25) is 0 Å². The first-order valence-corrected chi connectivity index (χ1v) is 5.07. The maximum Gasteiger partial charge on any atom is 0.0908 e. The Hall–Kier alpha value is -0.790. The van der Waals surface area contributed by atoms with E-state index in [2.05, 4.69) is 4.98 Å². The quantitative estimate of drug-likeness (QED) is 0.657. The normalized spacial score (nSPS) is 10.9. The third kappa shape index (κ3) is 1.47. The average Bonchev–Trinajstić information content (AvgIpc) is 2.10. The number of benzene rings is 1. The first-order valence-electron chi connectivity index (χ1n) is 4.31. The lowest BCUT2D eigenvalue weighted by Crippen LogP contribution is -1.88. The molecule has 0 atom stereocenters. The Morgan fingerprint density at radius 3 is 2.50 bits per heavy atom. The summed E-state index contributed by atoms with van der Waals surface area (Å²) in [4.78, 5) is 4.38. The van der Waals surface area contributed by atoms with Crippen molar-refractivity contribution in [3.63, 3.8) is 0 Å². The Morgan fingerprint density at radius 1 is 1.07 bits per heavy atom. The van der Waals surface area contributed by atoms with E-state index >= 15 is 0 Å². The fourth-order valence-corrected chi connectivity index (χ4v) is 2.14. The minimum Gasteiger partial charge on any atom is -0.251 e. The monoisotopic (exact) mass is 225 g/mol. The molecular formula is C11H9Cl2N. The molecule has 0 bridgehead atoms. The van der Waals surface area contributed by atoms with Gasteiger partial charge in [-0.3, -0.25) is 4.98 Å². The molecular weight excluding hydrogens is 217 g/mol. The van der Waals surface area contributed by atoms with Crippen LogP contribution in [0.1, 0.15) is 11.3 Å². The molecule has 0 aliphatic heterocycles. The Kier molecular flexibility index (Phi) is 2.38. The number of aryl methyl sites for hydroxylation is 2. The molecule has 2 aromatic rings. The molecule has 0 amide bonds. The van der Waals surface area contributed by atoms with Crippen molar-refractivity contribution in [2.24, 2.45) is 0 Å². The Bertz CT molecular complexity index is 506. The summed E-state index contributed by atoms with van der Waals surface area (Å²) in [5.41, 5.74) is 2.77. The maximum atomic E-state index is 6.14. The fraction of sp³-hybridized carbons (Fsp3) is 0.182. The van der Waals surface area contributed by atoms with E-state index in [1.807, 2.05) is 32.0 Å². The number of hydrogen-bond donors (Lipinski definition) is 0. The van der Waals surface area contributed by atoms with Gasteiger partial charge in [0.1, 0.15) is 0 Å². The molecule has 72 valence electrons. The number of halogens is 2. The highest BCUT2D eigenvalue weighted by Crippen LogP contribution is 2.30. The van der Waals surface area contributed by atoms with Crippen molar-refractivity contribution in [1.29, 1.82) is 0 Å². The molecule has 14 heavy (non-hydrogen) atoms. The van der Waals surface area contributed by atoms with Crippen LogP contribution in [0.4, 0.5) is 0 Å². The lowest BCUT2D eigenvalue weighted by Gasteiger charge is -2.06. The second-order valence-electron chi connectivity index (χ2n) is 3.33. The molecule has 3 heteroatoms. The van der Waals surface area contributed by atoms with E-state index in [0.29, 0.717) is 10.0 Å². The van der Waals surface area contributed by atoms with Gasteiger partial charge in [0.25, 0.3) is 0 Å². The molecule has 0 spiro atoms. The Balaban J connectivity index is 3.00. The predicted molar refractivity (Wildman–Crippen MR) is 61.2 cm³/mol. The van der Waals surface area contributed by atoms with Gasteiger partial charge in [-0.1, -0.05) is 29.3 Å². The van der Waals surface area contributed by atoms with Crippen LogP contribution in [-0.2, 0) is 0 Å². The van der Waals surface area contributed by atoms with E-state index < -0.39 is 0 Å². The van der Waals surface area contributed by atoms with E-state index in [0.717, 1.165) is 22.2 Å². The lowest BCUT2D eigenvalue weighted by atomic mass is 10.1. The second kappa shape index (κ2) is 3.41. The van der Waals surface area contributed by atoms with Crippen LogP contribution in [0.15, 0.2) is 18.2 Å². The van der Waals surface area contributed by atoms with Crippen LogP contribution in [0, 0.1) is 13.8 Å². The van der Waals surface area contributed by atoms with Crippen LogP contribution in [-0.4, -0.2) is 4.98 Å². The molecule has 0 saturated carbocycles. The molecule has 0 unspecified atom stereocenters. The number of hydrogen-bond acceptors (Lipinski definition) is 1. The zero-order valence-corrected chi connectivity index (χ0v) is 9.45. The van der Waals surface area contributed by atoms with Gasteiger partial charge in [0, 0.05) is 11.1 Å². The van der Waals surface area contributed by atoms with Crippen molar-refractivity contribution in [2.75, 3.05) is 0 Å². The zero-order chi connectivity index (χ0) is 10.3. The maximum absolute atomic E-state index is 6.14. The number of fused-ring (bicyclic) bond motifs is 1. The number of rotatable bonds is 0. The summed E-state index contributed by atoms with van der Waals surface area (Å²) in [6.45, 7) is 3.91. The van der Waals surface area contributed by atoms with E-state index in [9.17, 15) is 0 Å². The molecule has 0 N–H and O–H groups in total. The first-order chi connectivity index (χ1) is 6.59. The summed E-state index contributed by atoms with van der Waals surface area (Å²) in [7, 11) is 0. The van der Waals surface area contributed by atoms with Crippen LogP contribution >= 0.6 is 23.2 Å². The number of nitrogens with zero attached hydrogens (tertiary/aromatic N) is 1. The van der Waals surface area contributed by atoms with Crippen molar-refractivity contribution < 1.29 is 0 Å². The number of pyridine rings is 1. The lowest BCUT2D eigenvalue weighted by molar-refractivity contribution is 1.25. The van der Waals surface area contributed by atoms with Crippen molar-refractivity contribution in [1.82, 2.24) is 4.98 Å². The summed E-state index contributed by atoms with van der Waals surface area (Å²) >= 11 is 12.2. The Morgan fingerprint density at radius 2 is 1.79 bits per heavy atom. The molecule has 0 radical (unpaired) electrons. The molecule has 1 aromatic carbocycles. The van der Waals surface area contributed by atoms with Gasteiger partial charge in [-0.2, -0.15) is 0 Å². The summed E-state index contributed by atoms with van der Waals surface area (Å²) in [6, 6.07) is 5.66. The highest BCUT2D eigenvalue weighted by molar-refractivity contribution is 6.39. The van der Waals surface area contributed by atoms with Gasteiger partial charge in [-0.05, 0) is 31.5 Å². The van der Waals surface area contributed by atoms with Crippen LogP contribution in [0.2, 0.25) is 10.0 Å². The predicted octanol–water partition coefficient (Wildman–Crippen LogP) is 4.16. The molecule has 1 nitrogen and oxygen atoms in total. The molecule has 0 saturated heterocycles. The van der Waals surface area contributed by atoms with Crippen LogP contribution in [0.5, 0.6) is 0 Å². The average molecular weight is 226 g/mol. The van der Waals surface area contributed by atoms with Crippen molar-refractivity contribution >= 4 is 34.1 Å². The van der Waals surface area contributed by atoms with Crippen LogP contribution < -0.4 is 0 Å². The van der Waals surface area contributed by atoms with Gasteiger partial charge >= 0.3 is 0 Å². The van der Waals surface area contributed by atoms with Crippen molar-refractivity contribution in [3.05, 3.63) is 39.5 Å². The van der Waals surface area contributed by atoms with Gasteiger partial charge < -0.3 is 0 Å². The molecule has 0 aliphatic carbocycles. The largest absolute Gasteiger partial charge is 0.251 e. The fourth-order valence-electron chi connectivity index (χ4n) is 1.54. The highest BCUT2D eigenvalue weighted by atomic mass is 35.5. The van der Waals surface area contributed by atoms with Gasteiger partial charge in [0.15, 0.2) is 0 Å². The second-order valence-corrected chi connectivity index (χ2v) is 4.15. The summed E-state index contributed by atoms with van der Waals surface area (Å²) < 4.78 is 0. The SMILES string of the molecule is Cc1cc(Cl)c2c(C)ccc(Cl)c2n1. The molecule has 1 aromatic heterocycles. The summed E-state index contributed by atoms with van der Waals surface area (Å²) in [6.07, 6.45) is 0. The van der Waals surface area contributed by atoms with Gasteiger partial charge in [-0.15, -0.1) is 0 Å². The molecule has 0 fully saturated rings.